The van der Waals surface area contributed by atoms with E-state index in [9.17, 15) is 10.1 Å². The highest BCUT2D eigenvalue weighted by Crippen LogP contribution is 2.29. The standard InChI is InChI=1S/C12H18N2O3/c1-4-5-9(2)13-10-6-7-12(17-3)11(8-10)14(15)16/h6-9,13H,4-5H2,1-3H3. The zero-order valence-corrected chi connectivity index (χ0v) is 10.4. The van der Waals surface area contributed by atoms with Gasteiger partial charge in [0, 0.05) is 17.8 Å². The number of hydrogen-bond acceptors (Lipinski definition) is 4. The Bertz CT molecular complexity index is 393. The van der Waals surface area contributed by atoms with Crippen molar-refractivity contribution in [2.45, 2.75) is 32.7 Å². The van der Waals surface area contributed by atoms with Gasteiger partial charge in [-0.3, -0.25) is 10.1 Å². The first-order valence-corrected chi connectivity index (χ1v) is 5.67. The number of nitrogens with one attached hydrogen (secondary N) is 1. The Labute approximate surface area is 101 Å². The van der Waals surface area contributed by atoms with Crippen LogP contribution in [-0.4, -0.2) is 18.1 Å². The van der Waals surface area contributed by atoms with Gasteiger partial charge < -0.3 is 10.1 Å². The number of methoxy groups -OCH3 is 1. The maximum Gasteiger partial charge on any atom is 0.312 e. The minimum atomic E-state index is -0.436. The first-order chi connectivity index (χ1) is 8.08. The summed E-state index contributed by atoms with van der Waals surface area (Å²) in [5, 5.41) is 14.1. The molecule has 0 aliphatic heterocycles. The van der Waals surface area contributed by atoms with Gasteiger partial charge in [0.05, 0.1) is 12.0 Å². The van der Waals surface area contributed by atoms with Crippen LogP contribution in [0.15, 0.2) is 18.2 Å². The van der Waals surface area contributed by atoms with E-state index < -0.39 is 4.92 Å². The molecule has 1 aromatic carbocycles. The van der Waals surface area contributed by atoms with E-state index >= 15 is 0 Å². The summed E-state index contributed by atoms with van der Waals surface area (Å²) in [6, 6.07) is 5.20. The van der Waals surface area contributed by atoms with Gasteiger partial charge in [-0.25, -0.2) is 0 Å². The molecule has 1 atom stereocenters. The van der Waals surface area contributed by atoms with Gasteiger partial charge in [-0.05, 0) is 25.5 Å². The van der Waals surface area contributed by atoms with Crippen molar-refractivity contribution in [3.63, 3.8) is 0 Å². The smallest absolute Gasteiger partial charge is 0.312 e. The van der Waals surface area contributed by atoms with Gasteiger partial charge in [0.15, 0.2) is 5.75 Å². The highest BCUT2D eigenvalue weighted by molar-refractivity contribution is 5.58. The molecule has 1 rings (SSSR count). The molecule has 0 aliphatic rings. The Kier molecular flexibility index (Phi) is 4.75. The molecule has 94 valence electrons. The van der Waals surface area contributed by atoms with Crippen LogP contribution in [0.25, 0.3) is 0 Å². The topological polar surface area (TPSA) is 64.4 Å². The second-order valence-electron chi connectivity index (χ2n) is 3.98. The van der Waals surface area contributed by atoms with Crippen molar-refractivity contribution in [3.8, 4) is 5.75 Å². The molecule has 0 saturated heterocycles. The lowest BCUT2D eigenvalue weighted by molar-refractivity contribution is -0.385. The number of benzene rings is 1. The largest absolute Gasteiger partial charge is 0.490 e. The zero-order chi connectivity index (χ0) is 12.8. The normalized spacial score (nSPS) is 11.9. The maximum absolute atomic E-state index is 10.8. The van der Waals surface area contributed by atoms with Gasteiger partial charge >= 0.3 is 5.69 Å². The molecule has 0 aliphatic carbocycles. The Morgan fingerprint density at radius 3 is 2.76 bits per heavy atom. The van der Waals surface area contributed by atoms with E-state index in [0.29, 0.717) is 6.04 Å². The summed E-state index contributed by atoms with van der Waals surface area (Å²) in [6.07, 6.45) is 2.10. The second-order valence-corrected chi connectivity index (χ2v) is 3.98. The van der Waals surface area contributed by atoms with Crippen LogP contribution in [0.4, 0.5) is 11.4 Å². The summed E-state index contributed by atoms with van der Waals surface area (Å²) >= 11 is 0. The number of hydrogen-bond donors (Lipinski definition) is 1. The first-order valence-electron chi connectivity index (χ1n) is 5.67. The number of anilines is 1. The highest BCUT2D eigenvalue weighted by Gasteiger charge is 2.15. The third-order valence-corrected chi connectivity index (χ3v) is 2.51. The maximum atomic E-state index is 10.8. The molecule has 0 saturated carbocycles. The Hall–Kier alpha value is -1.78. The second kappa shape index (κ2) is 6.08. The van der Waals surface area contributed by atoms with Gasteiger partial charge in [-0.2, -0.15) is 0 Å². The summed E-state index contributed by atoms with van der Waals surface area (Å²) in [7, 11) is 1.43. The van der Waals surface area contributed by atoms with Gasteiger partial charge in [-0.15, -0.1) is 0 Å². The molecule has 1 N–H and O–H groups in total. The monoisotopic (exact) mass is 238 g/mol. The lowest BCUT2D eigenvalue weighted by Crippen LogP contribution is -2.14. The fourth-order valence-corrected chi connectivity index (χ4v) is 1.71. The molecule has 5 nitrogen and oxygen atoms in total. The average molecular weight is 238 g/mol. The summed E-state index contributed by atoms with van der Waals surface area (Å²) in [5.74, 6) is 0.281. The molecular weight excluding hydrogens is 220 g/mol. The molecule has 0 heterocycles. The fraction of sp³-hybridized carbons (Fsp3) is 0.500. The average Bonchev–Trinajstić information content (AvgIpc) is 2.29. The van der Waals surface area contributed by atoms with Crippen LogP contribution in [0, 0.1) is 10.1 Å². The SMILES string of the molecule is CCCC(C)Nc1ccc(OC)c([N+](=O)[O-])c1. The highest BCUT2D eigenvalue weighted by atomic mass is 16.6. The first kappa shape index (κ1) is 13.3. The minimum Gasteiger partial charge on any atom is -0.490 e. The van der Waals surface area contributed by atoms with Crippen LogP contribution in [0.3, 0.4) is 0 Å². The fourth-order valence-electron chi connectivity index (χ4n) is 1.71. The molecule has 0 spiro atoms. The van der Waals surface area contributed by atoms with E-state index in [2.05, 4.69) is 19.2 Å². The Morgan fingerprint density at radius 1 is 1.53 bits per heavy atom. The molecule has 0 fully saturated rings. The van der Waals surface area contributed by atoms with Crippen molar-refractivity contribution in [1.29, 1.82) is 0 Å². The number of ether oxygens (including phenoxy) is 1. The molecule has 0 amide bonds. The van der Waals surface area contributed by atoms with Crippen LogP contribution < -0.4 is 10.1 Å². The van der Waals surface area contributed by atoms with Crippen LogP contribution in [0.5, 0.6) is 5.75 Å². The van der Waals surface area contributed by atoms with E-state index in [1.165, 1.54) is 13.2 Å². The molecule has 1 aromatic rings. The summed E-state index contributed by atoms with van der Waals surface area (Å²) in [5.41, 5.74) is 0.736. The third-order valence-electron chi connectivity index (χ3n) is 2.51. The lowest BCUT2D eigenvalue weighted by Gasteiger charge is -2.14. The zero-order valence-electron chi connectivity index (χ0n) is 10.4. The van der Waals surface area contributed by atoms with Gasteiger partial charge in [0.2, 0.25) is 0 Å². The van der Waals surface area contributed by atoms with Gasteiger partial charge in [0.25, 0.3) is 0 Å². The minimum absolute atomic E-state index is 0.0128. The number of nitrogens with zero attached hydrogens (tertiary/aromatic N) is 1. The van der Waals surface area contributed by atoms with Crippen LogP contribution >= 0.6 is 0 Å². The summed E-state index contributed by atoms with van der Waals surface area (Å²) in [6.45, 7) is 4.16. The van der Waals surface area contributed by atoms with Gasteiger partial charge in [0.1, 0.15) is 0 Å². The predicted octanol–water partition coefficient (Wildman–Crippen LogP) is 3.20. The third kappa shape index (κ3) is 3.62. The van der Waals surface area contributed by atoms with E-state index in [1.807, 2.05) is 0 Å². The van der Waals surface area contributed by atoms with Crippen LogP contribution in [0.2, 0.25) is 0 Å². The van der Waals surface area contributed by atoms with E-state index in [-0.39, 0.29) is 11.4 Å². The van der Waals surface area contributed by atoms with Crippen molar-refractivity contribution in [2.75, 3.05) is 12.4 Å². The van der Waals surface area contributed by atoms with Crippen LogP contribution in [0.1, 0.15) is 26.7 Å². The van der Waals surface area contributed by atoms with E-state index in [1.54, 1.807) is 12.1 Å². The Balaban J connectivity index is 2.88. The van der Waals surface area contributed by atoms with Crippen molar-refractivity contribution in [2.24, 2.45) is 0 Å². The molecule has 0 radical (unpaired) electrons. The van der Waals surface area contributed by atoms with Crippen molar-refractivity contribution >= 4 is 11.4 Å². The van der Waals surface area contributed by atoms with E-state index in [4.69, 9.17) is 4.74 Å². The molecular formula is C12H18N2O3. The Morgan fingerprint density at radius 2 is 2.24 bits per heavy atom. The molecule has 0 bridgehead atoms. The summed E-state index contributed by atoms with van der Waals surface area (Å²) < 4.78 is 4.94. The molecule has 5 heteroatoms. The number of nitro groups is 1. The number of rotatable bonds is 6. The molecule has 1 unspecified atom stereocenters. The lowest BCUT2D eigenvalue weighted by atomic mass is 10.2. The van der Waals surface area contributed by atoms with Crippen LogP contribution in [-0.2, 0) is 0 Å². The van der Waals surface area contributed by atoms with Crippen molar-refractivity contribution in [1.82, 2.24) is 0 Å². The quantitative estimate of drug-likeness (QED) is 0.610. The van der Waals surface area contributed by atoms with E-state index in [0.717, 1.165) is 18.5 Å². The number of nitro benzene ring substituents is 1. The molecule has 0 aromatic heterocycles. The van der Waals surface area contributed by atoms with Gasteiger partial charge in [-0.1, -0.05) is 13.3 Å². The van der Waals surface area contributed by atoms with Crippen molar-refractivity contribution < 1.29 is 9.66 Å². The predicted molar refractivity (Wildman–Crippen MR) is 67.6 cm³/mol. The molecule has 17 heavy (non-hydrogen) atoms. The van der Waals surface area contributed by atoms with Crippen molar-refractivity contribution in [3.05, 3.63) is 28.3 Å². The summed E-state index contributed by atoms with van der Waals surface area (Å²) in [4.78, 5) is 10.4.